The minimum absolute atomic E-state index is 0.00260. The Kier molecular flexibility index (Phi) is 5.66. The quantitative estimate of drug-likeness (QED) is 0.669. The molecule has 2 aromatic carbocycles. The van der Waals surface area contributed by atoms with Gasteiger partial charge in [0.25, 0.3) is 11.5 Å². The fraction of sp³-hybridized carbons (Fsp3) is 0.250. The summed E-state index contributed by atoms with van der Waals surface area (Å²) in [6.45, 7) is 4.31. The molecule has 2 heterocycles. The van der Waals surface area contributed by atoms with Crippen molar-refractivity contribution in [2.24, 2.45) is 0 Å². The van der Waals surface area contributed by atoms with E-state index in [9.17, 15) is 14.4 Å². The minimum atomic E-state index is -0.568. The van der Waals surface area contributed by atoms with E-state index in [2.05, 4.69) is 15.5 Å². The molecule has 1 aromatic heterocycles. The van der Waals surface area contributed by atoms with Crippen LogP contribution >= 0.6 is 0 Å². The zero-order valence-electron chi connectivity index (χ0n) is 17.5. The number of carbonyl (C=O) groups excluding carboxylic acids is 2. The standard InChI is InChI=1S/C24H24N4O3/c1-15(2)28-14-18(13-19(28)29)25-23(30)21-20(16-9-5-3-6-10-16)22(26-27-24(21)31)17-11-7-4-8-12-17/h3-12,15,18H,13-14H2,1-2H3,(H,25,30)(H,27,31). The Morgan fingerprint density at radius 2 is 1.65 bits per heavy atom. The number of hydrogen-bond donors (Lipinski definition) is 2. The van der Waals surface area contributed by atoms with Crippen molar-refractivity contribution in [2.45, 2.75) is 32.4 Å². The lowest BCUT2D eigenvalue weighted by molar-refractivity contribution is -0.129. The highest BCUT2D eigenvalue weighted by Crippen LogP contribution is 2.31. The first-order chi connectivity index (χ1) is 15.0. The van der Waals surface area contributed by atoms with Crippen molar-refractivity contribution in [1.29, 1.82) is 0 Å². The zero-order valence-corrected chi connectivity index (χ0v) is 17.5. The summed E-state index contributed by atoms with van der Waals surface area (Å²) in [7, 11) is 0. The average molecular weight is 416 g/mol. The van der Waals surface area contributed by atoms with Gasteiger partial charge >= 0.3 is 0 Å². The van der Waals surface area contributed by atoms with E-state index < -0.39 is 11.5 Å². The van der Waals surface area contributed by atoms with Crippen LogP contribution in [0.5, 0.6) is 0 Å². The minimum Gasteiger partial charge on any atom is -0.347 e. The number of amides is 2. The highest BCUT2D eigenvalue weighted by atomic mass is 16.2. The van der Waals surface area contributed by atoms with Crippen molar-refractivity contribution < 1.29 is 9.59 Å². The van der Waals surface area contributed by atoms with Gasteiger partial charge in [-0.1, -0.05) is 60.7 Å². The first-order valence-electron chi connectivity index (χ1n) is 10.3. The lowest BCUT2D eigenvalue weighted by Gasteiger charge is -2.21. The Hall–Kier alpha value is -3.74. The van der Waals surface area contributed by atoms with Gasteiger partial charge in [-0.05, 0) is 19.4 Å². The molecule has 7 heteroatoms. The van der Waals surface area contributed by atoms with Gasteiger partial charge in [-0.2, -0.15) is 5.10 Å². The van der Waals surface area contributed by atoms with Crippen LogP contribution in [0.1, 0.15) is 30.6 Å². The third-order valence-electron chi connectivity index (χ3n) is 5.44. The topological polar surface area (TPSA) is 95.2 Å². The lowest BCUT2D eigenvalue weighted by atomic mass is 9.95. The van der Waals surface area contributed by atoms with E-state index in [0.29, 0.717) is 17.8 Å². The molecule has 0 spiro atoms. The van der Waals surface area contributed by atoms with Crippen LogP contribution in [0, 0.1) is 0 Å². The molecule has 158 valence electrons. The molecule has 3 aromatic rings. The summed E-state index contributed by atoms with van der Waals surface area (Å²) < 4.78 is 0. The van der Waals surface area contributed by atoms with Gasteiger partial charge in [-0.3, -0.25) is 14.4 Å². The summed E-state index contributed by atoms with van der Waals surface area (Å²) in [4.78, 5) is 40.1. The summed E-state index contributed by atoms with van der Waals surface area (Å²) in [6.07, 6.45) is 0.221. The molecule has 0 bridgehead atoms. The maximum absolute atomic E-state index is 13.3. The lowest BCUT2D eigenvalue weighted by Crippen LogP contribution is -2.41. The van der Waals surface area contributed by atoms with E-state index >= 15 is 0 Å². The molecule has 0 saturated carbocycles. The van der Waals surface area contributed by atoms with Crippen LogP contribution in [0.25, 0.3) is 22.4 Å². The van der Waals surface area contributed by atoms with Crippen molar-refractivity contribution in [2.75, 3.05) is 6.54 Å². The van der Waals surface area contributed by atoms with Crippen molar-refractivity contribution in [1.82, 2.24) is 20.4 Å². The fourth-order valence-electron chi connectivity index (χ4n) is 3.94. The Bertz CT molecular complexity index is 1160. The predicted octanol–water partition coefficient (Wildman–Crippen LogP) is 2.84. The van der Waals surface area contributed by atoms with Crippen LogP contribution in [0.2, 0.25) is 0 Å². The molecule has 4 rings (SSSR count). The first-order valence-corrected chi connectivity index (χ1v) is 10.3. The predicted molar refractivity (Wildman–Crippen MR) is 118 cm³/mol. The van der Waals surface area contributed by atoms with Crippen molar-refractivity contribution >= 4 is 11.8 Å². The summed E-state index contributed by atoms with van der Waals surface area (Å²) in [5.74, 6) is -0.514. The molecule has 1 aliphatic rings. The Morgan fingerprint density at radius 3 is 2.23 bits per heavy atom. The highest BCUT2D eigenvalue weighted by Gasteiger charge is 2.33. The van der Waals surface area contributed by atoms with Crippen LogP contribution in [0.15, 0.2) is 65.5 Å². The number of rotatable bonds is 5. The van der Waals surface area contributed by atoms with Crippen molar-refractivity contribution in [3.63, 3.8) is 0 Å². The third kappa shape index (κ3) is 4.12. The second-order valence-corrected chi connectivity index (χ2v) is 7.90. The first kappa shape index (κ1) is 20.5. The molecule has 31 heavy (non-hydrogen) atoms. The number of aromatic nitrogens is 2. The SMILES string of the molecule is CC(C)N1CC(NC(=O)c2c(-c3ccccc3)c(-c3ccccc3)n[nH]c2=O)CC1=O. The van der Waals surface area contributed by atoms with Crippen LogP contribution in [0.4, 0.5) is 0 Å². The van der Waals surface area contributed by atoms with Crippen LogP contribution in [-0.2, 0) is 4.79 Å². The highest BCUT2D eigenvalue weighted by molar-refractivity contribution is 6.04. The molecule has 1 saturated heterocycles. The summed E-state index contributed by atoms with van der Waals surface area (Å²) in [5.41, 5.74) is 1.92. The monoisotopic (exact) mass is 416 g/mol. The normalized spacial score (nSPS) is 16.0. The molecular formula is C24H24N4O3. The zero-order chi connectivity index (χ0) is 22.0. The van der Waals surface area contributed by atoms with Crippen molar-refractivity contribution in [3.8, 4) is 22.4 Å². The smallest absolute Gasteiger partial charge is 0.277 e. The van der Waals surface area contributed by atoms with Gasteiger partial charge in [0.15, 0.2) is 0 Å². The van der Waals surface area contributed by atoms with Crippen LogP contribution in [0.3, 0.4) is 0 Å². The molecule has 7 nitrogen and oxygen atoms in total. The largest absolute Gasteiger partial charge is 0.347 e. The van der Waals surface area contributed by atoms with E-state index in [1.807, 2.05) is 74.5 Å². The second-order valence-electron chi connectivity index (χ2n) is 7.90. The fourth-order valence-corrected chi connectivity index (χ4v) is 3.94. The van der Waals surface area contributed by atoms with Crippen molar-refractivity contribution in [3.05, 3.63) is 76.6 Å². The van der Waals surface area contributed by atoms with E-state index in [0.717, 1.165) is 11.1 Å². The number of likely N-dealkylation sites (tertiary alicyclic amines) is 1. The number of nitrogens with zero attached hydrogens (tertiary/aromatic N) is 2. The Morgan fingerprint density at radius 1 is 1.03 bits per heavy atom. The van der Waals surface area contributed by atoms with E-state index in [-0.39, 0.29) is 30.0 Å². The molecule has 2 amide bonds. The Balaban J connectivity index is 1.78. The van der Waals surface area contributed by atoms with Crippen LogP contribution in [-0.4, -0.2) is 45.5 Å². The van der Waals surface area contributed by atoms with Gasteiger partial charge in [0, 0.05) is 30.1 Å². The van der Waals surface area contributed by atoms with Crippen LogP contribution < -0.4 is 10.9 Å². The Labute approximate surface area is 180 Å². The molecule has 1 fully saturated rings. The number of nitrogens with one attached hydrogen (secondary N) is 2. The summed E-state index contributed by atoms with van der Waals surface area (Å²) >= 11 is 0. The third-order valence-corrected chi connectivity index (χ3v) is 5.44. The second kappa shape index (κ2) is 8.55. The van der Waals surface area contributed by atoms with Gasteiger partial charge in [-0.15, -0.1) is 0 Å². The van der Waals surface area contributed by atoms with E-state index in [1.54, 1.807) is 4.90 Å². The maximum Gasteiger partial charge on any atom is 0.277 e. The number of hydrogen-bond acceptors (Lipinski definition) is 4. The molecule has 1 atom stereocenters. The summed E-state index contributed by atoms with van der Waals surface area (Å²) in [5, 5.41) is 9.63. The van der Waals surface area contributed by atoms with Gasteiger partial charge < -0.3 is 10.2 Å². The number of benzene rings is 2. The molecule has 1 unspecified atom stereocenters. The maximum atomic E-state index is 13.3. The van der Waals surface area contributed by atoms with E-state index in [1.165, 1.54) is 0 Å². The number of H-pyrrole nitrogens is 1. The molecule has 2 N–H and O–H groups in total. The van der Waals surface area contributed by atoms with Gasteiger partial charge in [-0.25, -0.2) is 5.10 Å². The molecular weight excluding hydrogens is 392 g/mol. The van der Waals surface area contributed by atoms with E-state index in [4.69, 9.17) is 0 Å². The summed E-state index contributed by atoms with van der Waals surface area (Å²) in [6, 6.07) is 18.4. The molecule has 1 aliphatic heterocycles. The molecule has 0 radical (unpaired) electrons. The van der Waals surface area contributed by atoms with Gasteiger partial charge in [0.2, 0.25) is 5.91 Å². The number of aromatic amines is 1. The van der Waals surface area contributed by atoms with Gasteiger partial charge in [0.05, 0.1) is 11.7 Å². The number of carbonyl (C=O) groups is 2. The average Bonchev–Trinajstić information content (AvgIpc) is 3.14. The van der Waals surface area contributed by atoms with Gasteiger partial charge in [0.1, 0.15) is 5.56 Å². The molecule has 0 aliphatic carbocycles.